The molecular weight excluding hydrogens is 258 g/mol. The normalized spacial score (nSPS) is 10.3. The zero-order valence-corrected chi connectivity index (χ0v) is 12.0. The highest BCUT2D eigenvalue weighted by Gasteiger charge is 2.06. The topological polar surface area (TPSA) is 29.0 Å². The van der Waals surface area contributed by atoms with E-state index in [2.05, 4.69) is 34.1 Å². The minimum atomic E-state index is 0.813. The summed E-state index contributed by atoms with van der Waals surface area (Å²) in [7, 11) is 2.03. The van der Waals surface area contributed by atoms with E-state index in [0.717, 1.165) is 23.6 Å². The van der Waals surface area contributed by atoms with E-state index in [9.17, 15) is 0 Å². The van der Waals surface area contributed by atoms with Gasteiger partial charge in [0, 0.05) is 19.2 Å². The van der Waals surface area contributed by atoms with Crippen LogP contribution in [0.3, 0.4) is 0 Å². The van der Waals surface area contributed by atoms with Gasteiger partial charge in [-0.1, -0.05) is 60.7 Å². The Morgan fingerprint density at radius 2 is 1.52 bits per heavy atom. The van der Waals surface area contributed by atoms with Gasteiger partial charge in [-0.3, -0.25) is 4.98 Å². The lowest BCUT2D eigenvalue weighted by Crippen LogP contribution is -2.18. The molecule has 3 heteroatoms. The second-order valence-corrected chi connectivity index (χ2v) is 4.97. The fourth-order valence-electron chi connectivity index (χ4n) is 2.23. The zero-order valence-electron chi connectivity index (χ0n) is 12.0. The summed E-state index contributed by atoms with van der Waals surface area (Å²) in [6.45, 7) is 0.813. The average molecular weight is 275 g/mol. The van der Waals surface area contributed by atoms with Crippen LogP contribution in [0.1, 0.15) is 5.56 Å². The molecule has 3 nitrogen and oxygen atoms in total. The van der Waals surface area contributed by atoms with Crippen LogP contribution in [0, 0.1) is 0 Å². The van der Waals surface area contributed by atoms with Crippen LogP contribution in [0.15, 0.2) is 73.1 Å². The first kappa shape index (κ1) is 13.3. The summed E-state index contributed by atoms with van der Waals surface area (Å²) in [6, 6.07) is 20.5. The zero-order chi connectivity index (χ0) is 14.5. The van der Waals surface area contributed by atoms with E-state index in [4.69, 9.17) is 4.98 Å². The molecule has 3 rings (SSSR count). The minimum Gasteiger partial charge on any atom is -0.354 e. The second kappa shape index (κ2) is 6.18. The lowest BCUT2D eigenvalue weighted by Gasteiger charge is -2.18. The van der Waals surface area contributed by atoms with Crippen LogP contribution in [-0.2, 0) is 6.54 Å². The molecule has 0 amide bonds. The first-order chi connectivity index (χ1) is 10.3. The number of benzene rings is 2. The summed E-state index contributed by atoms with van der Waals surface area (Å²) < 4.78 is 0. The monoisotopic (exact) mass is 275 g/mol. The van der Waals surface area contributed by atoms with Crippen LogP contribution in [0.5, 0.6) is 0 Å². The fraction of sp³-hybridized carbons (Fsp3) is 0.111. The van der Waals surface area contributed by atoms with Crippen LogP contribution in [0.2, 0.25) is 0 Å². The van der Waals surface area contributed by atoms with Gasteiger partial charge in [0.15, 0.2) is 0 Å². The van der Waals surface area contributed by atoms with Crippen molar-refractivity contribution in [1.29, 1.82) is 0 Å². The molecule has 1 heterocycles. The summed E-state index contributed by atoms with van der Waals surface area (Å²) in [5.41, 5.74) is 3.24. The van der Waals surface area contributed by atoms with Crippen molar-refractivity contribution in [3.8, 4) is 11.3 Å². The highest BCUT2D eigenvalue weighted by Crippen LogP contribution is 2.19. The lowest BCUT2D eigenvalue weighted by atomic mass is 10.2. The van der Waals surface area contributed by atoms with Gasteiger partial charge in [-0.15, -0.1) is 0 Å². The first-order valence-electron chi connectivity index (χ1n) is 6.95. The Morgan fingerprint density at radius 1 is 0.857 bits per heavy atom. The van der Waals surface area contributed by atoms with Crippen molar-refractivity contribution in [3.05, 3.63) is 78.6 Å². The van der Waals surface area contributed by atoms with Crippen molar-refractivity contribution in [2.45, 2.75) is 6.54 Å². The average Bonchev–Trinajstić information content (AvgIpc) is 2.57. The third-order valence-electron chi connectivity index (χ3n) is 3.35. The van der Waals surface area contributed by atoms with Crippen molar-refractivity contribution < 1.29 is 0 Å². The van der Waals surface area contributed by atoms with Gasteiger partial charge in [-0.25, -0.2) is 4.98 Å². The van der Waals surface area contributed by atoms with E-state index in [1.165, 1.54) is 5.56 Å². The van der Waals surface area contributed by atoms with E-state index >= 15 is 0 Å². The van der Waals surface area contributed by atoms with Crippen LogP contribution in [-0.4, -0.2) is 17.0 Å². The molecule has 104 valence electrons. The molecule has 3 aromatic rings. The summed E-state index contributed by atoms with van der Waals surface area (Å²) in [6.07, 6.45) is 3.60. The van der Waals surface area contributed by atoms with E-state index in [1.54, 1.807) is 12.4 Å². The number of hydrogen-bond acceptors (Lipinski definition) is 3. The number of hydrogen-bond donors (Lipinski definition) is 0. The Labute approximate surface area is 124 Å². The van der Waals surface area contributed by atoms with Crippen LogP contribution in [0.25, 0.3) is 11.3 Å². The Kier molecular flexibility index (Phi) is 3.92. The van der Waals surface area contributed by atoms with E-state index < -0.39 is 0 Å². The van der Waals surface area contributed by atoms with Crippen molar-refractivity contribution in [2.24, 2.45) is 0 Å². The molecule has 0 N–H and O–H groups in total. The Balaban J connectivity index is 1.83. The standard InChI is InChI=1S/C18H17N3/c1-21(14-15-8-4-2-5-9-15)18-13-19-12-17(20-18)16-10-6-3-7-11-16/h2-13H,14H2,1H3. The van der Waals surface area contributed by atoms with Crippen molar-refractivity contribution in [3.63, 3.8) is 0 Å². The van der Waals surface area contributed by atoms with Crippen LogP contribution in [0.4, 0.5) is 5.82 Å². The fourth-order valence-corrected chi connectivity index (χ4v) is 2.23. The lowest BCUT2D eigenvalue weighted by molar-refractivity contribution is 0.891. The van der Waals surface area contributed by atoms with Gasteiger partial charge in [0.2, 0.25) is 0 Å². The second-order valence-electron chi connectivity index (χ2n) is 4.97. The summed E-state index contributed by atoms with van der Waals surface area (Å²) in [5, 5.41) is 0. The number of aromatic nitrogens is 2. The highest BCUT2D eigenvalue weighted by atomic mass is 15.2. The molecule has 0 aliphatic heterocycles. The van der Waals surface area contributed by atoms with Crippen molar-refractivity contribution >= 4 is 5.82 Å². The summed E-state index contributed by atoms with van der Waals surface area (Å²) in [4.78, 5) is 11.1. The highest BCUT2D eigenvalue weighted by molar-refractivity contribution is 5.59. The molecule has 0 aliphatic rings. The molecule has 0 radical (unpaired) electrons. The molecule has 0 atom stereocenters. The SMILES string of the molecule is CN(Cc1ccccc1)c1cncc(-c2ccccc2)n1. The van der Waals surface area contributed by atoms with Gasteiger partial charge >= 0.3 is 0 Å². The predicted octanol–water partition coefficient (Wildman–Crippen LogP) is 3.78. The van der Waals surface area contributed by atoms with E-state index in [-0.39, 0.29) is 0 Å². The molecule has 1 aromatic heterocycles. The van der Waals surface area contributed by atoms with Gasteiger partial charge in [0.1, 0.15) is 5.82 Å². The van der Waals surface area contributed by atoms with E-state index in [1.807, 2.05) is 43.4 Å². The number of nitrogens with zero attached hydrogens (tertiary/aromatic N) is 3. The molecule has 0 fully saturated rings. The summed E-state index contributed by atoms with van der Waals surface area (Å²) >= 11 is 0. The maximum Gasteiger partial charge on any atom is 0.147 e. The molecule has 2 aromatic carbocycles. The Hall–Kier alpha value is -2.68. The minimum absolute atomic E-state index is 0.813. The molecule has 0 spiro atoms. The largest absolute Gasteiger partial charge is 0.354 e. The number of anilines is 1. The molecule has 0 bridgehead atoms. The van der Waals surface area contributed by atoms with Crippen molar-refractivity contribution in [1.82, 2.24) is 9.97 Å². The van der Waals surface area contributed by atoms with Gasteiger partial charge in [-0.2, -0.15) is 0 Å². The van der Waals surface area contributed by atoms with Gasteiger partial charge in [0.05, 0.1) is 18.1 Å². The molecule has 0 aliphatic carbocycles. The molecule has 0 saturated heterocycles. The molecule has 0 saturated carbocycles. The third-order valence-corrected chi connectivity index (χ3v) is 3.35. The van der Waals surface area contributed by atoms with Crippen molar-refractivity contribution in [2.75, 3.05) is 11.9 Å². The molecule has 21 heavy (non-hydrogen) atoms. The van der Waals surface area contributed by atoms with Crippen LogP contribution >= 0.6 is 0 Å². The maximum atomic E-state index is 4.70. The molecular formula is C18H17N3. The first-order valence-corrected chi connectivity index (χ1v) is 6.95. The van der Waals surface area contributed by atoms with Crippen LogP contribution < -0.4 is 4.90 Å². The third kappa shape index (κ3) is 3.26. The Bertz CT molecular complexity index is 696. The van der Waals surface area contributed by atoms with Gasteiger partial charge < -0.3 is 4.90 Å². The predicted molar refractivity (Wildman–Crippen MR) is 86.0 cm³/mol. The maximum absolute atomic E-state index is 4.70. The quantitative estimate of drug-likeness (QED) is 0.725. The number of rotatable bonds is 4. The molecule has 0 unspecified atom stereocenters. The summed E-state index contributed by atoms with van der Waals surface area (Å²) in [5.74, 6) is 0.875. The van der Waals surface area contributed by atoms with Gasteiger partial charge in [-0.05, 0) is 5.56 Å². The van der Waals surface area contributed by atoms with Gasteiger partial charge in [0.25, 0.3) is 0 Å². The van der Waals surface area contributed by atoms with E-state index in [0.29, 0.717) is 0 Å². The smallest absolute Gasteiger partial charge is 0.147 e. The Morgan fingerprint density at radius 3 is 2.24 bits per heavy atom.